The molecule has 3 aromatic heterocycles. The van der Waals surface area contributed by atoms with Gasteiger partial charge in [0.1, 0.15) is 12.2 Å². The number of hydrogen-bond acceptors (Lipinski definition) is 6. The van der Waals surface area contributed by atoms with Crippen molar-refractivity contribution in [2.45, 2.75) is 39.4 Å². The molecule has 9 heteroatoms. The molecule has 1 N–H and O–H groups in total. The van der Waals surface area contributed by atoms with Crippen molar-refractivity contribution >= 4 is 23.1 Å². The fourth-order valence-corrected chi connectivity index (χ4v) is 4.08. The minimum atomic E-state index is -0.172. The molecule has 1 aliphatic rings. The van der Waals surface area contributed by atoms with Crippen LogP contribution >= 0.6 is 11.3 Å². The average molecular weight is 385 g/mol. The van der Waals surface area contributed by atoms with Crippen LogP contribution in [0.2, 0.25) is 0 Å². The van der Waals surface area contributed by atoms with Crippen molar-refractivity contribution in [2.24, 2.45) is 0 Å². The first kappa shape index (κ1) is 17.9. The Balaban J connectivity index is 1.35. The van der Waals surface area contributed by atoms with E-state index in [0.29, 0.717) is 12.4 Å². The number of aromatic nitrogens is 5. The SMILES string of the molecule is CCn1ncc(NC(=O)Cn2ccc(-c3cc(CN4CCCC4)cs3)n2)n1. The van der Waals surface area contributed by atoms with E-state index in [2.05, 4.69) is 37.0 Å². The molecule has 0 saturated carbocycles. The van der Waals surface area contributed by atoms with Crippen LogP contribution in [0.25, 0.3) is 10.6 Å². The third-order valence-electron chi connectivity index (χ3n) is 4.54. The number of anilines is 1. The standard InChI is InChI=1S/C18H23N7OS/c1-2-25-19-10-17(22-25)20-18(26)12-24-8-5-15(21-24)16-9-14(13-27-16)11-23-6-3-4-7-23/h5,8-10,13H,2-4,6-7,11-12H2,1H3,(H,20,22,26). The molecular weight excluding hydrogens is 362 g/mol. The Bertz CT molecular complexity index is 906. The zero-order valence-electron chi connectivity index (χ0n) is 15.3. The second-order valence-corrected chi connectivity index (χ2v) is 7.58. The molecule has 0 atom stereocenters. The summed E-state index contributed by atoms with van der Waals surface area (Å²) in [4.78, 5) is 17.3. The summed E-state index contributed by atoms with van der Waals surface area (Å²) in [6.07, 6.45) is 5.98. The van der Waals surface area contributed by atoms with Gasteiger partial charge in [-0.05, 0) is 55.9 Å². The van der Waals surface area contributed by atoms with Gasteiger partial charge in [0.05, 0.1) is 17.6 Å². The number of thiophene rings is 1. The summed E-state index contributed by atoms with van der Waals surface area (Å²) in [6.45, 7) is 6.15. The van der Waals surface area contributed by atoms with Gasteiger partial charge < -0.3 is 5.32 Å². The minimum Gasteiger partial charge on any atom is -0.306 e. The normalized spacial score (nSPS) is 14.7. The quantitative estimate of drug-likeness (QED) is 0.676. The van der Waals surface area contributed by atoms with Gasteiger partial charge in [-0.15, -0.1) is 16.4 Å². The summed E-state index contributed by atoms with van der Waals surface area (Å²) in [5, 5.41) is 17.7. The molecule has 1 aliphatic heterocycles. The predicted molar refractivity (Wildman–Crippen MR) is 104 cm³/mol. The molecule has 0 spiro atoms. The first-order valence-electron chi connectivity index (χ1n) is 9.23. The first-order valence-corrected chi connectivity index (χ1v) is 10.1. The fraction of sp³-hybridized carbons (Fsp3) is 0.444. The van der Waals surface area contributed by atoms with E-state index < -0.39 is 0 Å². The summed E-state index contributed by atoms with van der Waals surface area (Å²) in [6, 6.07) is 4.16. The highest BCUT2D eigenvalue weighted by Crippen LogP contribution is 2.27. The highest BCUT2D eigenvalue weighted by Gasteiger charge is 2.14. The molecule has 0 bridgehead atoms. The van der Waals surface area contributed by atoms with Gasteiger partial charge in [0.2, 0.25) is 5.91 Å². The zero-order valence-corrected chi connectivity index (χ0v) is 16.2. The van der Waals surface area contributed by atoms with E-state index in [9.17, 15) is 4.79 Å². The Kier molecular flexibility index (Phi) is 5.30. The maximum absolute atomic E-state index is 12.2. The van der Waals surface area contributed by atoms with Crippen LogP contribution in [-0.2, 0) is 24.4 Å². The van der Waals surface area contributed by atoms with E-state index >= 15 is 0 Å². The van der Waals surface area contributed by atoms with E-state index in [1.165, 1.54) is 36.3 Å². The predicted octanol–water partition coefficient (Wildman–Crippen LogP) is 2.46. The van der Waals surface area contributed by atoms with Crippen molar-refractivity contribution in [3.05, 3.63) is 35.5 Å². The number of nitrogens with zero attached hydrogens (tertiary/aromatic N) is 6. The van der Waals surface area contributed by atoms with Crippen LogP contribution < -0.4 is 5.32 Å². The summed E-state index contributed by atoms with van der Waals surface area (Å²) >= 11 is 1.70. The molecule has 8 nitrogen and oxygen atoms in total. The number of hydrogen-bond donors (Lipinski definition) is 1. The van der Waals surface area contributed by atoms with E-state index in [1.54, 1.807) is 22.2 Å². The van der Waals surface area contributed by atoms with Crippen LogP contribution in [0.15, 0.2) is 29.9 Å². The lowest BCUT2D eigenvalue weighted by molar-refractivity contribution is -0.116. The smallest absolute Gasteiger partial charge is 0.247 e. The van der Waals surface area contributed by atoms with Crippen molar-refractivity contribution < 1.29 is 4.79 Å². The monoisotopic (exact) mass is 385 g/mol. The highest BCUT2D eigenvalue weighted by atomic mass is 32.1. The van der Waals surface area contributed by atoms with Crippen LogP contribution in [0.1, 0.15) is 25.3 Å². The van der Waals surface area contributed by atoms with E-state index in [0.717, 1.165) is 17.1 Å². The maximum Gasteiger partial charge on any atom is 0.247 e. The lowest BCUT2D eigenvalue weighted by Crippen LogP contribution is -2.19. The summed E-state index contributed by atoms with van der Waals surface area (Å²) in [5.41, 5.74) is 2.24. The molecule has 27 heavy (non-hydrogen) atoms. The molecule has 0 aromatic carbocycles. The Morgan fingerprint density at radius 1 is 1.30 bits per heavy atom. The Morgan fingerprint density at radius 2 is 2.15 bits per heavy atom. The van der Waals surface area contributed by atoms with Gasteiger partial charge in [-0.25, -0.2) is 0 Å². The van der Waals surface area contributed by atoms with Crippen LogP contribution in [0, 0.1) is 0 Å². The Labute approximate surface area is 161 Å². The van der Waals surface area contributed by atoms with Gasteiger partial charge in [-0.3, -0.25) is 14.4 Å². The molecule has 1 saturated heterocycles. The lowest BCUT2D eigenvalue weighted by atomic mass is 10.2. The molecule has 4 heterocycles. The highest BCUT2D eigenvalue weighted by molar-refractivity contribution is 7.13. The molecule has 3 aromatic rings. The van der Waals surface area contributed by atoms with E-state index in [-0.39, 0.29) is 12.5 Å². The second kappa shape index (κ2) is 8.01. The van der Waals surface area contributed by atoms with Crippen molar-refractivity contribution in [2.75, 3.05) is 18.4 Å². The van der Waals surface area contributed by atoms with Crippen molar-refractivity contribution in [3.8, 4) is 10.6 Å². The average Bonchev–Trinajstić information content (AvgIpc) is 3.43. The Morgan fingerprint density at radius 3 is 2.93 bits per heavy atom. The van der Waals surface area contributed by atoms with Crippen molar-refractivity contribution in [1.82, 2.24) is 29.7 Å². The summed E-state index contributed by atoms with van der Waals surface area (Å²) in [7, 11) is 0. The molecule has 4 rings (SSSR count). The minimum absolute atomic E-state index is 0.144. The summed E-state index contributed by atoms with van der Waals surface area (Å²) in [5.74, 6) is 0.285. The van der Waals surface area contributed by atoms with E-state index in [1.807, 2.05) is 19.2 Å². The van der Waals surface area contributed by atoms with E-state index in [4.69, 9.17) is 0 Å². The second-order valence-electron chi connectivity index (χ2n) is 6.67. The number of nitrogens with one attached hydrogen (secondary N) is 1. The first-order chi connectivity index (χ1) is 13.2. The largest absolute Gasteiger partial charge is 0.306 e. The van der Waals surface area contributed by atoms with Gasteiger partial charge >= 0.3 is 0 Å². The van der Waals surface area contributed by atoms with Crippen LogP contribution in [0.5, 0.6) is 0 Å². The molecule has 1 fully saturated rings. The maximum atomic E-state index is 12.2. The molecule has 1 amide bonds. The molecule has 0 radical (unpaired) electrons. The number of amides is 1. The fourth-order valence-electron chi connectivity index (χ4n) is 3.21. The zero-order chi connectivity index (χ0) is 18.6. The number of carbonyl (C=O) groups is 1. The van der Waals surface area contributed by atoms with Crippen LogP contribution in [-0.4, -0.2) is 48.7 Å². The van der Waals surface area contributed by atoms with Crippen LogP contribution in [0.3, 0.4) is 0 Å². The number of aryl methyl sites for hydroxylation is 1. The third-order valence-corrected chi connectivity index (χ3v) is 5.55. The lowest BCUT2D eigenvalue weighted by Gasteiger charge is -2.12. The summed E-state index contributed by atoms with van der Waals surface area (Å²) < 4.78 is 1.65. The van der Waals surface area contributed by atoms with Gasteiger partial charge in [0, 0.05) is 12.7 Å². The third kappa shape index (κ3) is 4.42. The topological polar surface area (TPSA) is 80.9 Å². The number of carbonyl (C=O) groups excluding carboxylic acids is 1. The number of rotatable bonds is 7. The van der Waals surface area contributed by atoms with Gasteiger partial charge in [-0.2, -0.15) is 15.0 Å². The van der Waals surface area contributed by atoms with Crippen LogP contribution in [0.4, 0.5) is 5.82 Å². The number of likely N-dealkylation sites (tertiary alicyclic amines) is 1. The van der Waals surface area contributed by atoms with Gasteiger partial charge in [-0.1, -0.05) is 0 Å². The van der Waals surface area contributed by atoms with Crippen molar-refractivity contribution in [1.29, 1.82) is 0 Å². The molecule has 0 aliphatic carbocycles. The van der Waals surface area contributed by atoms with Crippen molar-refractivity contribution in [3.63, 3.8) is 0 Å². The Hall–Kier alpha value is -2.52. The van der Waals surface area contributed by atoms with Gasteiger partial charge in [0.25, 0.3) is 0 Å². The molecular formula is C18H23N7OS. The van der Waals surface area contributed by atoms with Gasteiger partial charge in [0.15, 0.2) is 5.82 Å². The molecule has 142 valence electrons. The molecule has 0 unspecified atom stereocenters.